The molecule has 0 fully saturated rings. The fourth-order valence-electron chi connectivity index (χ4n) is 2.07. The number of ether oxygens (including phenoxy) is 1. The van der Waals surface area contributed by atoms with E-state index >= 15 is 0 Å². The van der Waals surface area contributed by atoms with E-state index in [1.807, 2.05) is 27.9 Å². The third-order valence-electron chi connectivity index (χ3n) is 2.65. The quantitative estimate of drug-likeness (QED) is 0.753. The number of nitrogen functional groups attached to an aromatic ring is 1. The molecule has 120 valence electrons. The van der Waals surface area contributed by atoms with Crippen LogP contribution >= 0.6 is 0 Å². The van der Waals surface area contributed by atoms with Gasteiger partial charge in [0.2, 0.25) is 11.9 Å². The average molecular weight is 296 g/mol. The van der Waals surface area contributed by atoms with Crippen molar-refractivity contribution in [3.8, 4) is 6.01 Å². The lowest BCUT2D eigenvalue weighted by molar-refractivity contribution is 0.222. The van der Waals surface area contributed by atoms with Gasteiger partial charge in [-0.25, -0.2) is 0 Å². The van der Waals surface area contributed by atoms with E-state index in [0.29, 0.717) is 11.9 Å². The van der Waals surface area contributed by atoms with Gasteiger partial charge in [-0.2, -0.15) is 15.0 Å². The summed E-state index contributed by atoms with van der Waals surface area (Å²) in [5.74, 6) is 1.20. The predicted octanol–water partition coefficient (Wildman–Crippen LogP) is 1.63. The van der Waals surface area contributed by atoms with Gasteiger partial charge < -0.3 is 20.7 Å². The number of rotatable bonds is 8. The summed E-state index contributed by atoms with van der Waals surface area (Å²) < 4.78 is 5.49. The Morgan fingerprint density at radius 3 is 2.33 bits per heavy atom. The number of nitrogens with two attached hydrogens (primary N) is 1. The third kappa shape index (κ3) is 7.08. The van der Waals surface area contributed by atoms with Crippen molar-refractivity contribution in [1.82, 2.24) is 19.9 Å². The van der Waals surface area contributed by atoms with Crippen molar-refractivity contribution in [2.24, 2.45) is 5.92 Å². The maximum Gasteiger partial charge on any atom is 0.323 e. The summed E-state index contributed by atoms with van der Waals surface area (Å²) >= 11 is 0. The number of likely N-dealkylation sites (N-methyl/N-ethyl adjacent to an activating group) is 1. The molecule has 0 spiro atoms. The number of hydrogen-bond acceptors (Lipinski definition) is 7. The first kappa shape index (κ1) is 17.4. The zero-order valence-electron chi connectivity index (χ0n) is 13.9. The summed E-state index contributed by atoms with van der Waals surface area (Å²) in [6.07, 6.45) is 1.01. The first-order chi connectivity index (χ1) is 9.76. The SMILES string of the molecule is CC(C)CC(CN(C)C)Nc1nc(N)nc(OC(C)C)n1. The van der Waals surface area contributed by atoms with Crippen LogP contribution in [0, 0.1) is 5.92 Å². The summed E-state index contributed by atoms with van der Waals surface area (Å²) in [5, 5.41) is 3.33. The topological polar surface area (TPSA) is 89.2 Å². The molecule has 0 aliphatic rings. The summed E-state index contributed by atoms with van der Waals surface area (Å²) in [4.78, 5) is 14.5. The van der Waals surface area contributed by atoms with Gasteiger partial charge in [-0.3, -0.25) is 0 Å². The van der Waals surface area contributed by atoms with Crippen LogP contribution < -0.4 is 15.8 Å². The van der Waals surface area contributed by atoms with Gasteiger partial charge in [0, 0.05) is 12.6 Å². The van der Waals surface area contributed by atoms with E-state index in [1.54, 1.807) is 0 Å². The molecule has 1 heterocycles. The van der Waals surface area contributed by atoms with Gasteiger partial charge in [-0.05, 0) is 40.3 Å². The van der Waals surface area contributed by atoms with Crippen molar-refractivity contribution in [3.63, 3.8) is 0 Å². The predicted molar refractivity (Wildman–Crippen MR) is 85.4 cm³/mol. The van der Waals surface area contributed by atoms with Crippen molar-refractivity contribution >= 4 is 11.9 Å². The zero-order chi connectivity index (χ0) is 16.0. The van der Waals surface area contributed by atoms with Crippen molar-refractivity contribution < 1.29 is 4.74 Å². The highest BCUT2D eigenvalue weighted by atomic mass is 16.5. The van der Waals surface area contributed by atoms with Crippen LogP contribution in [0.25, 0.3) is 0 Å². The van der Waals surface area contributed by atoms with Gasteiger partial charge in [0.05, 0.1) is 6.10 Å². The van der Waals surface area contributed by atoms with E-state index in [0.717, 1.165) is 13.0 Å². The fourth-order valence-corrected chi connectivity index (χ4v) is 2.07. The normalized spacial score (nSPS) is 13.0. The molecule has 0 aliphatic heterocycles. The maximum atomic E-state index is 5.72. The lowest BCUT2D eigenvalue weighted by atomic mass is 10.0. The second kappa shape index (κ2) is 7.97. The number of hydrogen-bond donors (Lipinski definition) is 2. The van der Waals surface area contributed by atoms with Crippen LogP contribution in [0.1, 0.15) is 34.1 Å². The summed E-state index contributed by atoms with van der Waals surface area (Å²) in [7, 11) is 4.09. The van der Waals surface area contributed by atoms with E-state index in [1.165, 1.54) is 0 Å². The monoisotopic (exact) mass is 296 g/mol. The van der Waals surface area contributed by atoms with Gasteiger partial charge in [-0.15, -0.1) is 0 Å². The number of aromatic nitrogens is 3. The molecule has 0 amide bonds. The molecule has 1 atom stereocenters. The number of anilines is 2. The van der Waals surface area contributed by atoms with Crippen LogP contribution in [0.5, 0.6) is 6.01 Å². The van der Waals surface area contributed by atoms with Crippen molar-refractivity contribution in [1.29, 1.82) is 0 Å². The first-order valence-corrected chi connectivity index (χ1v) is 7.35. The minimum absolute atomic E-state index is 0.00659. The van der Waals surface area contributed by atoms with Crippen LogP contribution in [0.2, 0.25) is 0 Å². The van der Waals surface area contributed by atoms with Crippen LogP contribution in [0.4, 0.5) is 11.9 Å². The molecule has 1 aromatic heterocycles. The smallest absolute Gasteiger partial charge is 0.323 e. The van der Waals surface area contributed by atoms with Crippen LogP contribution in [0.3, 0.4) is 0 Å². The lowest BCUT2D eigenvalue weighted by Gasteiger charge is -2.24. The van der Waals surface area contributed by atoms with E-state index in [-0.39, 0.29) is 24.1 Å². The fraction of sp³-hybridized carbons (Fsp3) is 0.786. The minimum Gasteiger partial charge on any atom is -0.461 e. The molecule has 0 saturated carbocycles. The molecule has 0 saturated heterocycles. The second-order valence-electron chi connectivity index (χ2n) is 6.20. The van der Waals surface area contributed by atoms with Crippen molar-refractivity contribution in [2.45, 2.75) is 46.3 Å². The van der Waals surface area contributed by atoms with Crippen LogP contribution in [-0.2, 0) is 0 Å². The summed E-state index contributed by atoms with van der Waals surface area (Å²) in [6, 6.07) is 0.502. The molecule has 7 nitrogen and oxygen atoms in total. The summed E-state index contributed by atoms with van der Waals surface area (Å²) in [5.41, 5.74) is 5.72. The largest absolute Gasteiger partial charge is 0.461 e. The van der Waals surface area contributed by atoms with E-state index < -0.39 is 0 Å². The van der Waals surface area contributed by atoms with Gasteiger partial charge >= 0.3 is 6.01 Å². The molecule has 3 N–H and O–H groups in total. The molecule has 1 unspecified atom stereocenters. The van der Waals surface area contributed by atoms with Crippen molar-refractivity contribution in [3.05, 3.63) is 0 Å². The van der Waals surface area contributed by atoms with E-state index in [9.17, 15) is 0 Å². The molecule has 0 aromatic carbocycles. The lowest BCUT2D eigenvalue weighted by Crippen LogP contribution is -2.34. The van der Waals surface area contributed by atoms with Crippen LogP contribution in [-0.4, -0.2) is 52.6 Å². The third-order valence-corrected chi connectivity index (χ3v) is 2.65. The Hall–Kier alpha value is -1.63. The maximum absolute atomic E-state index is 5.72. The molecule has 0 radical (unpaired) electrons. The molecule has 0 bridgehead atoms. The van der Waals surface area contributed by atoms with Crippen LogP contribution in [0.15, 0.2) is 0 Å². The van der Waals surface area contributed by atoms with Gasteiger partial charge in [0.25, 0.3) is 0 Å². The van der Waals surface area contributed by atoms with Crippen molar-refractivity contribution in [2.75, 3.05) is 31.7 Å². The average Bonchev–Trinajstić information content (AvgIpc) is 2.24. The van der Waals surface area contributed by atoms with E-state index in [2.05, 4.69) is 39.0 Å². The standard InChI is InChI=1S/C14H28N6O/c1-9(2)7-11(8-20(5)6)16-13-17-12(15)18-14(19-13)21-10(3)4/h9-11H,7-8H2,1-6H3,(H3,15,16,17,18,19). The highest BCUT2D eigenvalue weighted by Crippen LogP contribution is 2.14. The highest BCUT2D eigenvalue weighted by Gasteiger charge is 2.15. The number of nitrogens with zero attached hydrogens (tertiary/aromatic N) is 4. The number of nitrogens with one attached hydrogen (secondary N) is 1. The molecular formula is C14H28N6O. The Morgan fingerprint density at radius 1 is 1.14 bits per heavy atom. The zero-order valence-corrected chi connectivity index (χ0v) is 13.9. The molecular weight excluding hydrogens is 268 g/mol. The molecule has 7 heteroatoms. The Kier molecular flexibility index (Phi) is 6.61. The second-order valence-corrected chi connectivity index (χ2v) is 6.20. The Labute approximate surface area is 127 Å². The Balaban J connectivity index is 2.84. The Morgan fingerprint density at radius 2 is 1.81 bits per heavy atom. The van der Waals surface area contributed by atoms with Gasteiger partial charge in [-0.1, -0.05) is 13.8 Å². The Bertz CT molecular complexity index is 425. The molecule has 1 aromatic rings. The molecule has 1 rings (SSSR count). The molecule has 0 aliphatic carbocycles. The van der Waals surface area contributed by atoms with Gasteiger partial charge in [0.1, 0.15) is 0 Å². The minimum atomic E-state index is -0.00659. The first-order valence-electron chi connectivity index (χ1n) is 7.35. The molecule has 21 heavy (non-hydrogen) atoms. The van der Waals surface area contributed by atoms with Gasteiger partial charge in [0.15, 0.2) is 0 Å². The summed E-state index contributed by atoms with van der Waals surface area (Å²) in [6.45, 7) is 9.12. The highest BCUT2D eigenvalue weighted by molar-refractivity contribution is 5.33. The van der Waals surface area contributed by atoms with E-state index in [4.69, 9.17) is 10.5 Å².